The van der Waals surface area contributed by atoms with Crippen molar-refractivity contribution in [2.24, 2.45) is 0 Å². The monoisotopic (exact) mass is 309 g/mol. The maximum Gasteiger partial charge on any atom is 0.273 e. The molecular formula is C14H15NO3S2. The normalized spacial score (nSPS) is 15.2. The Morgan fingerprint density at radius 1 is 1.20 bits per heavy atom. The highest BCUT2D eigenvalue weighted by molar-refractivity contribution is 7.94. The molecule has 106 valence electrons. The third-order valence-corrected chi connectivity index (χ3v) is 6.76. The highest BCUT2D eigenvalue weighted by Crippen LogP contribution is 2.33. The molecule has 0 aliphatic carbocycles. The van der Waals surface area contributed by atoms with Crippen LogP contribution in [0, 0.1) is 0 Å². The van der Waals surface area contributed by atoms with E-state index in [1.54, 1.807) is 12.1 Å². The Labute approximate surface area is 122 Å². The number of anilines is 1. The Morgan fingerprint density at radius 3 is 2.75 bits per heavy atom. The molecule has 0 atom stereocenters. The van der Waals surface area contributed by atoms with Crippen molar-refractivity contribution in [3.05, 3.63) is 46.8 Å². The number of para-hydroxylation sites is 1. The number of fused-ring (bicyclic) bond motifs is 1. The van der Waals surface area contributed by atoms with E-state index in [1.165, 1.54) is 4.31 Å². The molecule has 1 aromatic heterocycles. The molecule has 2 aromatic rings. The molecule has 1 aliphatic heterocycles. The van der Waals surface area contributed by atoms with Gasteiger partial charge in [0.05, 0.1) is 12.3 Å². The third kappa shape index (κ3) is 2.24. The fraction of sp³-hybridized carbons (Fsp3) is 0.286. The van der Waals surface area contributed by atoms with Gasteiger partial charge in [0.2, 0.25) is 0 Å². The van der Waals surface area contributed by atoms with Gasteiger partial charge >= 0.3 is 0 Å². The summed E-state index contributed by atoms with van der Waals surface area (Å²) in [7, 11) is -3.52. The summed E-state index contributed by atoms with van der Waals surface area (Å²) < 4.78 is 27.2. The number of hydrogen-bond donors (Lipinski definition) is 1. The van der Waals surface area contributed by atoms with Gasteiger partial charge in [-0.1, -0.05) is 18.2 Å². The SMILES string of the molecule is O=S(=O)(c1ccc(CO)s1)N1CCCc2ccccc21. The summed E-state index contributed by atoms with van der Waals surface area (Å²) >= 11 is 1.13. The number of thiophene rings is 1. The highest BCUT2D eigenvalue weighted by Gasteiger charge is 2.29. The Balaban J connectivity index is 2.04. The van der Waals surface area contributed by atoms with Gasteiger partial charge in [-0.15, -0.1) is 11.3 Å². The average molecular weight is 309 g/mol. The summed E-state index contributed by atoms with van der Waals surface area (Å²) in [5.41, 5.74) is 1.85. The lowest BCUT2D eigenvalue weighted by atomic mass is 10.0. The summed E-state index contributed by atoms with van der Waals surface area (Å²) in [5, 5.41) is 9.09. The van der Waals surface area contributed by atoms with Gasteiger partial charge in [0.1, 0.15) is 4.21 Å². The fourth-order valence-corrected chi connectivity index (χ4v) is 5.31. The van der Waals surface area contributed by atoms with Gasteiger partial charge in [-0.3, -0.25) is 4.31 Å². The van der Waals surface area contributed by atoms with Crippen molar-refractivity contribution in [1.82, 2.24) is 0 Å². The number of sulfonamides is 1. The van der Waals surface area contributed by atoms with Crippen LogP contribution in [0.3, 0.4) is 0 Å². The molecule has 0 radical (unpaired) electrons. The first-order valence-corrected chi connectivity index (χ1v) is 8.69. The van der Waals surface area contributed by atoms with E-state index in [0.717, 1.165) is 35.4 Å². The molecule has 0 unspecified atom stereocenters. The first kappa shape index (κ1) is 13.6. The Kier molecular flexibility index (Phi) is 3.54. The van der Waals surface area contributed by atoms with E-state index in [4.69, 9.17) is 5.11 Å². The number of hydrogen-bond acceptors (Lipinski definition) is 4. The summed E-state index contributed by atoms with van der Waals surface area (Å²) in [6, 6.07) is 10.9. The van der Waals surface area contributed by atoms with Crippen LogP contribution in [0.25, 0.3) is 0 Å². The molecule has 20 heavy (non-hydrogen) atoms. The molecule has 0 amide bonds. The molecular weight excluding hydrogens is 294 g/mol. The van der Waals surface area contributed by atoms with Crippen LogP contribution in [0.4, 0.5) is 5.69 Å². The smallest absolute Gasteiger partial charge is 0.273 e. The van der Waals surface area contributed by atoms with Crippen molar-refractivity contribution in [3.63, 3.8) is 0 Å². The predicted octanol–water partition coefficient (Wildman–Crippen LogP) is 2.38. The number of aliphatic hydroxyl groups excluding tert-OH is 1. The predicted molar refractivity (Wildman–Crippen MR) is 79.5 cm³/mol. The summed E-state index contributed by atoms with van der Waals surface area (Å²) in [6.45, 7) is 0.377. The zero-order valence-electron chi connectivity index (χ0n) is 10.8. The molecule has 0 saturated heterocycles. The van der Waals surface area contributed by atoms with Crippen molar-refractivity contribution in [2.75, 3.05) is 10.8 Å². The first-order valence-electron chi connectivity index (χ1n) is 6.43. The minimum atomic E-state index is -3.52. The lowest BCUT2D eigenvalue weighted by Gasteiger charge is -2.29. The molecule has 1 N–H and O–H groups in total. The third-order valence-electron chi connectivity index (χ3n) is 3.40. The van der Waals surface area contributed by atoms with Crippen LogP contribution in [0.15, 0.2) is 40.6 Å². The number of nitrogens with zero attached hydrogens (tertiary/aromatic N) is 1. The van der Waals surface area contributed by atoms with Crippen molar-refractivity contribution in [3.8, 4) is 0 Å². The van der Waals surface area contributed by atoms with Gasteiger partial charge < -0.3 is 5.11 Å². The van der Waals surface area contributed by atoms with Crippen LogP contribution < -0.4 is 4.31 Å². The lowest BCUT2D eigenvalue weighted by molar-refractivity contribution is 0.285. The maximum absolute atomic E-state index is 12.7. The van der Waals surface area contributed by atoms with Gasteiger partial charge in [0.15, 0.2) is 0 Å². The molecule has 0 fully saturated rings. The lowest BCUT2D eigenvalue weighted by Crippen LogP contribution is -2.35. The van der Waals surface area contributed by atoms with E-state index in [2.05, 4.69) is 0 Å². The fourth-order valence-electron chi connectivity index (χ4n) is 2.44. The van der Waals surface area contributed by atoms with E-state index < -0.39 is 10.0 Å². The molecule has 0 saturated carbocycles. The van der Waals surface area contributed by atoms with Gasteiger partial charge in [-0.25, -0.2) is 8.42 Å². The topological polar surface area (TPSA) is 57.6 Å². The molecule has 6 heteroatoms. The summed E-state index contributed by atoms with van der Waals surface area (Å²) in [5.74, 6) is 0. The van der Waals surface area contributed by atoms with Crippen LogP contribution in [0.2, 0.25) is 0 Å². The Bertz CT molecular complexity index is 722. The second-order valence-electron chi connectivity index (χ2n) is 4.69. The molecule has 4 nitrogen and oxygen atoms in total. The highest BCUT2D eigenvalue weighted by atomic mass is 32.2. The van der Waals surface area contributed by atoms with Crippen LogP contribution in [-0.4, -0.2) is 20.1 Å². The van der Waals surface area contributed by atoms with E-state index in [1.807, 2.05) is 24.3 Å². The quantitative estimate of drug-likeness (QED) is 0.947. The zero-order chi connectivity index (χ0) is 14.2. The van der Waals surface area contributed by atoms with Crippen molar-refractivity contribution in [1.29, 1.82) is 0 Å². The molecule has 2 heterocycles. The number of benzene rings is 1. The minimum Gasteiger partial charge on any atom is -0.391 e. The van der Waals surface area contributed by atoms with Crippen LogP contribution in [0.1, 0.15) is 16.9 Å². The zero-order valence-corrected chi connectivity index (χ0v) is 12.5. The second kappa shape index (κ2) is 5.20. The van der Waals surface area contributed by atoms with Gasteiger partial charge in [-0.2, -0.15) is 0 Å². The molecule has 0 bridgehead atoms. The van der Waals surface area contributed by atoms with Crippen molar-refractivity contribution in [2.45, 2.75) is 23.7 Å². The standard InChI is InChI=1S/C14H15NO3S2/c16-10-12-7-8-14(19-12)20(17,18)15-9-3-5-11-4-1-2-6-13(11)15/h1-2,4,6-8,16H,3,5,9-10H2. The van der Waals surface area contributed by atoms with Crippen LogP contribution >= 0.6 is 11.3 Å². The first-order chi connectivity index (χ1) is 9.63. The van der Waals surface area contributed by atoms with Gasteiger partial charge in [0.25, 0.3) is 10.0 Å². The number of aliphatic hydroxyl groups is 1. The van der Waals surface area contributed by atoms with E-state index in [9.17, 15) is 8.42 Å². The van der Waals surface area contributed by atoms with Crippen molar-refractivity contribution >= 4 is 27.0 Å². The minimum absolute atomic E-state index is 0.128. The average Bonchev–Trinajstić information content (AvgIpc) is 2.96. The van der Waals surface area contributed by atoms with E-state index in [0.29, 0.717) is 15.6 Å². The Hall–Kier alpha value is -1.37. The summed E-state index contributed by atoms with van der Waals surface area (Å²) in [6.07, 6.45) is 1.74. The second-order valence-corrected chi connectivity index (χ2v) is 7.95. The largest absolute Gasteiger partial charge is 0.391 e. The summed E-state index contributed by atoms with van der Waals surface area (Å²) in [4.78, 5) is 0.661. The molecule has 0 spiro atoms. The van der Waals surface area contributed by atoms with E-state index in [-0.39, 0.29) is 6.61 Å². The van der Waals surface area contributed by atoms with Gasteiger partial charge in [0, 0.05) is 11.4 Å². The molecule has 3 rings (SSSR count). The maximum atomic E-state index is 12.7. The number of aryl methyl sites for hydroxylation is 1. The van der Waals surface area contributed by atoms with Gasteiger partial charge in [-0.05, 0) is 36.6 Å². The van der Waals surface area contributed by atoms with Crippen LogP contribution in [0.5, 0.6) is 0 Å². The number of rotatable bonds is 3. The molecule has 1 aromatic carbocycles. The van der Waals surface area contributed by atoms with Crippen molar-refractivity contribution < 1.29 is 13.5 Å². The molecule has 1 aliphatic rings. The Morgan fingerprint density at radius 2 is 2.00 bits per heavy atom. The van der Waals surface area contributed by atoms with E-state index >= 15 is 0 Å². The van der Waals surface area contributed by atoms with Crippen LogP contribution in [-0.2, 0) is 23.1 Å².